The van der Waals surface area contributed by atoms with Gasteiger partial charge in [-0.15, -0.1) is 11.6 Å². The lowest BCUT2D eigenvalue weighted by molar-refractivity contribution is -0.0501. The first-order valence-electron chi connectivity index (χ1n) is 4.69. The minimum absolute atomic E-state index is 0.0113. The zero-order valence-electron chi connectivity index (χ0n) is 9.25. The molecule has 4 nitrogen and oxygen atoms in total. The van der Waals surface area contributed by atoms with Gasteiger partial charge in [-0.25, -0.2) is 4.79 Å². The summed E-state index contributed by atoms with van der Waals surface area (Å²) in [5, 5.41) is 8.88. The average Bonchev–Trinajstić information content (AvgIpc) is 2.35. The van der Waals surface area contributed by atoms with Crippen molar-refractivity contribution in [2.75, 3.05) is 7.11 Å². The second kappa shape index (κ2) is 6.17. The lowest BCUT2D eigenvalue weighted by atomic mass is 10.0. The van der Waals surface area contributed by atoms with Crippen LogP contribution >= 0.6 is 11.6 Å². The summed E-state index contributed by atoms with van der Waals surface area (Å²) < 4.78 is 33.1. The molecule has 96 valence electrons. The van der Waals surface area contributed by atoms with Crippen LogP contribution in [0, 0.1) is 11.3 Å². The van der Waals surface area contributed by atoms with E-state index in [0.29, 0.717) is 0 Å². The smallest absolute Gasteiger partial charge is 0.387 e. The Hall–Kier alpha value is -1.87. The summed E-state index contributed by atoms with van der Waals surface area (Å²) in [7, 11) is 1.15. The molecule has 0 N–H and O–H groups in total. The van der Waals surface area contributed by atoms with Gasteiger partial charge >= 0.3 is 12.6 Å². The number of alkyl halides is 3. The van der Waals surface area contributed by atoms with E-state index in [1.165, 1.54) is 6.07 Å². The van der Waals surface area contributed by atoms with Crippen molar-refractivity contribution in [3.63, 3.8) is 0 Å². The van der Waals surface area contributed by atoms with Gasteiger partial charge in [-0.05, 0) is 17.7 Å². The van der Waals surface area contributed by atoms with Gasteiger partial charge in [0.2, 0.25) is 0 Å². The SMILES string of the molecule is COC(=O)c1cc(CCl)c(C#N)c(OC(F)F)c1. The van der Waals surface area contributed by atoms with E-state index in [0.717, 1.165) is 13.2 Å². The minimum Gasteiger partial charge on any atom is -0.465 e. The minimum atomic E-state index is -3.10. The van der Waals surface area contributed by atoms with Crippen LogP contribution in [0.5, 0.6) is 5.75 Å². The molecular weight excluding hydrogens is 268 g/mol. The molecule has 0 saturated carbocycles. The number of hydrogen-bond donors (Lipinski definition) is 0. The number of hydrogen-bond acceptors (Lipinski definition) is 4. The highest BCUT2D eigenvalue weighted by Crippen LogP contribution is 2.27. The molecule has 0 aliphatic heterocycles. The number of carbonyl (C=O) groups is 1. The van der Waals surface area contributed by atoms with E-state index < -0.39 is 18.3 Å². The summed E-state index contributed by atoms with van der Waals surface area (Å²) >= 11 is 5.59. The number of esters is 1. The number of benzene rings is 1. The van der Waals surface area contributed by atoms with Crippen LogP contribution in [-0.4, -0.2) is 19.7 Å². The molecule has 0 aliphatic carbocycles. The van der Waals surface area contributed by atoms with Gasteiger partial charge in [0.15, 0.2) is 0 Å². The third kappa shape index (κ3) is 3.08. The van der Waals surface area contributed by atoms with Crippen LogP contribution in [0.25, 0.3) is 0 Å². The molecule has 0 unspecified atom stereocenters. The molecule has 0 heterocycles. The maximum Gasteiger partial charge on any atom is 0.387 e. The second-order valence-corrected chi connectivity index (χ2v) is 3.39. The van der Waals surface area contributed by atoms with E-state index in [9.17, 15) is 13.6 Å². The number of carbonyl (C=O) groups excluding carboxylic acids is 1. The van der Waals surface area contributed by atoms with E-state index in [-0.39, 0.29) is 22.6 Å². The number of ether oxygens (including phenoxy) is 2. The summed E-state index contributed by atoms with van der Waals surface area (Å²) in [6.45, 7) is -3.10. The van der Waals surface area contributed by atoms with Crippen molar-refractivity contribution in [3.05, 3.63) is 28.8 Å². The van der Waals surface area contributed by atoms with Crippen molar-refractivity contribution in [2.45, 2.75) is 12.5 Å². The third-order valence-electron chi connectivity index (χ3n) is 2.08. The molecule has 0 amide bonds. The zero-order chi connectivity index (χ0) is 13.7. The van der Waals surface area contributed by atoms with Gasteiger partial charge in [0, 0.05) is 5.88 Å². The average molecular weight is 276 g/mol. The van der Waals surface area contributed by atoms with Crippen molar-refractivity contribution in [1.82, 2.24) is 0 Å². The summed E-state index contributed by atoms with van der Waals surface area (Å²) in [5.41, 5.74) is 0.0819. The predicted molar refractivity (Wildman–Crippen MR) is 58.7 cm³/mol. The van der Waals surface area contributed by atoms with E-state index in [1.807, 2.05) is 0 Å². The molecule has 0 aliphatic rings. The number of nitriles is 1. The molecule has 0 atom stereocenters. The molecule has 1 rings (SSSR count). The van der Waals surface area contributed by atoms with Crippen molar-refractivity contribution in [1.29, 1.82) is 5.26 Å². The fourth-order valence-corrected chi connectivity index (χ4v) is 1.54. The summed E-state index contributed by atoms with van der Waals surface area (Å²) in [4.78, 5) is 11.3. The van der Waals surface area contributed by atoms with E-state index in [4.69, 9.17) is 16.9 Å². The Kier molecular flexibility index (Phi) is 4.86. The molecule has 7 heteroatoms. The Morgan fingerprint density at radius 2 is 2.22 bits per heavy atom. The van der Waals surface area contributed by atoms with Crippen molar-refractivity contribution >= 4 is 17.6 Å². The van der Waals surface area contributed by atoms with Gasteiger partial charge in [0.05, 0.1) is 18.2 Å². The third-order valence-corrected chi connectivity index (χ3v) is 2.36. The summed E-state index contributed by atoms with van der Waals surface area (Å²) in [6.07, 6.45) is 0. The van der Waals surface area contributed by atoms with Crippen LogP contribution in [0.2, 0.25) is 0 Å². The molecule has 0 aromatic heterocycles. The quantitative estimate of drug-likeness (QED) is 0.626. The van der Waals surface area contributed by atoms with Gasteiger partial charge in [0.1, 0.15) is 11.8 Å². The number of nitrogens with zero attached hydrogens (tertiary/aromatic N) is 1. The normalized spacial score (nSPS) is 10.0. The van der Waals surface area contributed by atoms with Gasteiger partial charge < -0.3 is 9.47 Å². The Labute approximate surface area is 107 Å². The van der Waals surface area contributed by atoms with E-state index in [1.54, 1.807) is 6.07 Å². The fraction of sp³-hybridized carbons (Fsp3) is 0.273. The van der Waals surface area contributed by atoms with Crippen LogP contribution in [0.3, 0.4) is 0 Å². The molecular formula is C11H8ClF2NO3. The molecule has 0 radical (unpaired) electrons. The van der Waals surface area contributed by atoms with Crippen molar-refractivity contribution < 1.29 is 23.0 Å². The van der Waals surface area contributed by atoms with Crippen molar-refractivity contribution in [3.8, 4) is 11.8 Å². The molecule has 0 fully saturated rings. The first kappa shape index (κ1) is 14.2. The first-order chi connectivity index (χ1) is 8.53. The molecule has 0 bridgehead atoms. The number of rotatable bonds is 4. The lowest BCUT2D eigenvalue weighted by Crippen LogP contribution is -2.08. The van der Waals surface area contributed by atoms with Gasteiger partial charge in [-0.2, -0.15) is 14.0 Å². The highest BCUT2D eigenvalue weighted by atomic mass is 35.5. The topological polar surface area (TPSA) is 59.3 Å². The Balaban J connectivity index is 3.36. The van der Waals surface area contributed by atoms with Crippen LogP contribution in [0.1, 0.15) is 21.5 Å². The highest BCUT2D eigenvalue weighted by Gasteiger charge is 2.18. The Morgan fingerprint density at radius 3 is 2.67 bits per heavy atom. The molecule has 0 saturated heterocycles. The monoisotopic (exact) mass is 275 g/mol. The molecule has 1 aromatic rings. The summed E-state index contributed by atoms with van der Waals surface area (Å²) in [5.74, 6) is -1.25. The maximum atomic E-state index is 12.2. The zero-order valence-corrected chi connectivity index (χ0v) is 10.0. The Bertz CT molecular complexity index is 500. The van der Waals surface area contributed by atoms with Crippen LogP contribution < -0.4 is 4.74 Å². The van der Waals surface area contributed by atoms with Gasteiger partial charge in [-0.1, -0.05) is 0 Å². The number of methoxy groups -OCH3 is 1. The van der Waals surface area contributed by atoms with E-state index in [2.05, 4.69) is 9.47 Å². The van der Waals surface area contributed by atoms with E-state index >= 15 is 0 Å². The number of halogens is 3. The maximum absolute atomic E-state index is 12.2. The molecule has 18 heavy (non-hydrogen) atoms. The van der Waals surface area contributed by atoms with Crippen LogP contribution in [0.4, 0.5) is 8.78 Å². The second-order valence-electron chi connectivity index (χ2n) is 3.12. The Morgan fingerprint density at radius 1 is 1.56 bits per heavy atom. The van der Waals surface area contributed by atoms with Crippen LogP contribution in [0.15, 0.2) is 12.1 Å². The fourth-order valence-electron chi connectivity index (χ4n) is 1.33. The van der Waals surface area contributed by atoms with Crippen LogP contribution in [-0.2, 0) is 10.6 Å². The van der Waals surface area contributed by atoms with Gasteiger partial charge in [0.25, 0.3) is 0 Å². The molecule has 1 aromatic carbocycles. The standard InChI is InChI=1S/C11H8ClF2NO3/c1-17-10(16)6-2-7(4-12)8(5-15)9(3-6)18-11(13)14/h2-3,11H,4H2,1H3. The predicted octanol–water partition coefficient (Wildman–Crippen LogP) is 2.69. The highest BCUT2D eigenvalue weighted by molar-refractivity contribution is 6.17. The first-order valence-corrected chi connectivity index (χ1v) is 5.23. The lowest BCUT2D eigenvalue weighted by Gasteiger charge is -2.11. The van der Waals surface area contributed by atoms with Gasteiger partial charge in [-0.3, -0.25) is 0 Å². The van der Waals surface area contributed by atoms with Crippen molar-refractivity contribution in [2.24, 2.45) is 0 Å². The largest absolute Gasteiger partial charge is 0.465 e. The molecule has 0 spiro atoms. The summed E-state index contributed by atoms with van der Waals surface area (Å²) in [6, 6.07) is 4.03.